The van der Waals surface area contributed by atoms with Crippen LogP contribution in [-0.2, 0) is 25.6 Å². The highest BCUT2D eigenvalue weighted by molar-refractivity contribution is 6.02. The summed E-state index contributed by atoms with van der Waals surface area (Å²) in [7, 11) is 0. The molecule has 2 heterocycles. The van der Waals surface area contributed by atoms with Crippen molar-refractivity contribution in [3.05, 3.63) is 70.7 Å². The lowest BCUT2D eigenvalue weighted by Gasteiger charge is -2.30. The van der Waals surface area contributed by atoms with Crippen molar-refractivity contribution in [3.8, 4) is 0 Å². The van der Waals surface area contributed by atoms with Crippen LogP contribution in [0.2, 0.25) is 0 Å². The van der Waals surface area contributed by atoms with E-state index >= 15 is 0 Å². The zero-order valence-corrected chi connectivity index (χ0v) is 18.9. The molecule has 1 aromatic heterocycles. The minimum atomic E-state index is -0.602. The number of fused-ring (bicyclic) bond motifs is 1. The number of nitrogens with zero attached hydrogens (tertiary/aromatic N) is 1. The predicted molar refractivity (Wildman–Crippen MR) is 121 cm³/mol. The van der Waals surface area contributed by atoms with Crippen LogP contribution < -0.4 is 5.32 Å². The number of hydrogen-bond donors (Lipinski definition) is 1. The van der Waals surface area contributed by atoms with Gasteiger partial charge >= 0.3 is 11.9 Å². The Morgan fingerprint density at radius 2 is 1.58 bits per heavy atom. The van der Waals surface area contributed by atoms with E-state index in [1.807, 2.05) is 51.1 Å². The van der Waals surface area contributed by atoms with Gasteiger partial charge in [-0.25, -0.2) is 9.59 Å². The fourth-order valence-corrected chi connectivity index (χ4v) is 4.43. The summed E-state index contributed by atoms with van der Waals surface area (Å²) in [6, 6.07) is 8.01. The average Bonchev–Trinajstić information content (AvgIpc) is 2.99. The lowest BCUT2D eigenvalue weighted by molar-refractivity contribution is -0.139. The Bertz CT molecular complexity index is 1060. The molecule has 164 valence electrons. The molecule has 3 rings (SSSR count). The van der Waals surface area contributed by atoms with Gasteiger partial charge in [0.05, 0.1) is 30.3 Å². The molecule has 0 saturated carbocycles. The standard InChI is InChI=1S/C25H30N2O4/c1-7-14-27-17(6)22(18-12-10-11-13-19(18)27)23-20(24(28)30-8-2)15(4)26-16(5)21(23)25(29)31-9-3/h7,10-13,23,26H,1,8-9,14H2,2-6H3. The average molecular weight is 423 g/mol. The molecule has 0 saturated heterocycles. The first-order chi connectivity index (χ1) is 14.9. The maximum absolute atomic E-state index is 13.1. The van der Waals surface area contributed by atoms with Gasteiger partial charge in [-0.15, -0.1) is 6.58 Å². The van der Waals surface area contributed by atoms with Crippen LogP contribution in [0.25, 0.3) is 10.9 Å². The van der Waals surface area contributed by atoms with E-state index in [-0.39, 0.29) is 13.2 Å². The molecule has 1 N–H and O–H groups in total. The Morgan fingerprint density at radius 1 is 1.03 bits per heavy atom. The minimum Gasteiger partial charge on any atom is -0.463 e. The molecule has 1 aromatic carbocycles. The summed E-state index contributed by atoms with van der Waals surface area (Å²) < 4.78 is 12.9. The van der Waals surface area contributed by atoms with Crippen molar-refractivity contribution < 1.29 is 19.1 Å². The fourth-order valence-electron chi connectivity index (χ4n) is 4.43. The van der Waals surface area contributed by atoms with Crippen molar-refractivity contribution >= 4 is 22.8 Å². The van der Waals surface area contributed by atoms with Crippen LogP contribution in [0.1, 0.15) is 44.9 Å². The summed E-state index contributed by atoms with van der Waals surface area (Å²) in [5, 5.41) is 4.18. The molecule has 0 fully saturated rings. The number of carbonyl (C=O) groups is 2. The maximum atomic E-state index is 13.1. The number of dihydropyridines is 1. The fraction of sp³-hybridized carbons (Fsp3) is 0.360. The summed E-state index contributed by atoms with van der Waals surface area (Å²) in [6.45, 7) is 14.2. The summed E-state index contributed by atoms with van der Waals surface area (Å²) in [6.07, 6.45) is 1.84. The van der Waals surface area contributed by atoms with Crippen LogP contribution in [0, 0.1) is 6.92 Å². The molecule has 0 bridgehead atoms. The highest BCUT2D eigenvalue weighted by Crippen LogP contribution is 2.44. The van der Waals surface area contributed by atoms with Crippen molar-refractivity contribution in [1.29, 1.82) is 0 Å². The minimum absolute atomic E-state index is 0.247. The number of allylic oxidation sites excluding steroid dienone is 3. The monoisotopic (exact) mass is 422 g/mol. The molecular weight excluding hydrogens is 392 g/mol. The molecule has 0 radical (unpaired) electrons. The van der Waals surface area contributed by atoms with E-state index in [1.54, 1.807) is 13.8 Å². The van der Waals surface area contributed by atoms with E-state index < -0.39 is 17.9 Å². The number of rotatable bonds is 7. The van der Waals surface area contributed by atoms with Crippen LogP contribution in [0.4, 0.5) is 0 Å². The number of aromatic nitrogens is 1. The third-order valence-corrected chi connectivity index (χ3v) is 5.63. The van der Waals surface area contributed by atoms with Crippen molar-refractivity contribution in [3.63, 3.8) is 0 Å². The number of carbonyl (C=O) groups excluding carboxylic acids is 2. The van der Waals surface area contributed by atoms with E-state index in [9.17, 15) is 9.59 Å². The van der Waals surface area contributed by atoms with Crippen LogP contribution in [-0.4, -0.2) is 29.7 Å². The van der Waals surface area contributed by atoms with Gasteiger partial charge in [0.1, 0.15) is 0 Å². The third-order valence-electron chi connectivity index (χ3n) is 5.63. The predicted octanol–water partition coefficient (Wildman–Crippen LogP) is 4.50. The smallest absolute Gasteiger partial charge is 0.336 e. The van der Waals surface area contributed by atoms with E-state index in [4.69, 9.17) is 9.47 Å². The van der Waals surface area contributed by atoms with Gasteiger partial charge in [-0.3, -0.25) is 0 Å². The van der Waals surface area contributed by atoms with Gasteiger partial charge in [-0.1, -0.05) is 24.3 Å². The number of benzene rings is 1. The number of esters is 2. The Labute approximate surface area is 183 Å². The van der Waals surface area contributed by atoms with Crippen molar-refractivity contribution in [2.45, 2.75) is 47.1 Å². The first-order valence-electron chi connectivity index (χ1n) is 10.6. The first kappa shape index (κ1) is 22.4. The molecule has 0 amide bonds. The zero-order valence-electron chi connectivity index (χ0n) is 18.9. The molecule has 1 aliphatic rings. The lowest BCUT2D eigenvalue weighted by atomic mass is 9.79. The zero-order chi connectivity index (χ0) is 22.7. The quantitative estimate of drug-likeness (QED) is 0.526. The first-order valence-corrected chi connectivity index (χ1v) is 10.6. The Kier molecular flexibility index (Phi) is 6.68. The van der Waals surface area contributed by atoms with E-state index in [0.29, 0.717) is 29.1 Å². The van der Waals surface area contributed by atoms with E-state index in [2.05, 4.69) is 16.5 Å². The number of ether oxygens (including phenoxy) is 2. The van der Waals surface area contributed by atoms with Gasteiger partial charge in [-0.05, 0) is 46.2 Å². The summed E-state index contributed by atoms with van der Waals surface area (Å²) in [5.74, 6) is -1.48. The molecular formula is C25H30N2O4. The second-order valence-corrected chi connectivity index (χ2v) is 7.49. The summed E-state index contributed by atoms with van der Waals surface area (Å²) >= 11 is 0. The molecule has 0 aliphatic carbocycles. The van der Waals surface area contributed by atoms with Gasteiger partial charge in [0.25, 0.3) is 0 Å². The number of para-hydroxylation sites is 1. The number of nitrogens with one attached hydrogen (secondary N) is 1. The van der Waals surface area contributed by atoms with Crippen molar-refractivity contribution in [2.24, 2.45) is 0 Å². The van der Waals surface area contributed by atoms with E-state index in [0.717, 1.165) is 22.2 Å². The van der Waals surface area contributed by atoms with E-state index in [1.165, 1.54) is 0 Å². The molecule has 6 heteroatoms. The van der Waals surface area contributed by atoms with Gasteiger partial charge in [-0.2, -0.15) is 0 Å². The highest BCUT2D eigenvalue weighted by Gasteiger charge is 2.40. The van der Waals surface area contributed by atoms with Gasteiger partial charge in [0, 0.05) is 34.5 Å². The molecule has 0 unspecified atom stereocenters. The van der Waals surface area contributed by atoms with Crippen LogP contribution >= 0.6 is 0 Å². The normalized spacial score (nSPS) is 14.6. The highest BCUT2D eigenvalue weighted by atomic mass is 16.5. The second kappa shape index (κ2) is 9.25. The summed E-state index contributed by atoms with van der Waals surface area (Å²) in [4.78, 5) is 26.2. The van der Waals surface area contributed by atoms with Crippen molar-refractivity contribution in [2.75, 3.05) is 13.2 Å². The Balaban J connectivity index is 2.37. The largest absolute Gasteiger partial charge is 0.463 e. The third kappa shape index (κ3) is 3.90. The Morgan fingerprint density at radius 3 is 2.10 bits per heavy atom. The van der Waals surface area contributed by atoms with Gasteiger partial charge in [0.2, 0.25) is 0 Å². The topological polar surface area (TPSA) is 69.6 Å². The molecule has 1 aliphatic heterocycles. The summed E-state index contributed by atoms with van der Waals surface area (Å²) in [5.41, 5.74) is 5.11. The molecule has 2 aromatic rings. The van der Waals surface area contributed by atoms with Gasteiger partial charge in [0.15, 0.2) is 0 Å². The molecule has 31 heavy (non-hydrogen) atoms. The second-order valence-electron chi connectivity index (χ2n) is 7.49. The van der Waals surface area contributed by atoms with Crippen molar-refractivity contribution in [1.82, 2.24) is 9.88 Å². The number of hydrogen-bond acceptors (Lipinski definition) is 5. The van der Waals surface area contributed by atoms with Gasteiger partial charge < -0.3 is 19.4 Å². The van der Waals surface area contributed by atoms with Crippen LogP contribution in [0.5, 0.6) is 0 Å². The molecule has 0 atom stereocenters. The molecule has 6 nitrogen and oxygen atoms in total. The van der Waals surface area contributed by atoms with Crippen LogP contribution in [0.15, 0.2) is 59.5 Å². The Hall–Kier alpha value is -3.28. The van der Waals surface area contributed by atoms with Crippen LogP contribution in [0.3, 0.4) is 0 Å². The lowest BCUT2D eigenvalue weighted by Crippen LogP contribution is -2.32. The maximum Gasteiger partial charge on any atom is 0.336 e. The SMILES string of the molecule is C=CCn1c(C)c(C2C(C(=O)OCC)=C(C)NC(C)=C2C(=O)OCC)c2ccccc21. The molecule has 0 spiro atoms.